The average molecular weight is 345 g/mol. The summed E-state index contributed by atoms with van der Waals surface area (Å²) in [4.78, 5) is 35.9. The molecule has 0 saturated heterocycles. The molecule has 1 unspecified atom stereocenters. The molecule has 132 valence electrons. The number of esters is 2. The van der Waals surface area contributed by atoms with Crippen LogP contribution >= 0.6 is 0 Å². The Hall–Kier alpha value is -2.83. The molecular formula is C18H19NO6. The van der Waals surface area contributed by atoms with Gasteiger partial charge in [0.25, 0.3) is 0 Å². The summed E-state index contributed by atoms with van der Waals surface area (Å²) in [7, 11) is 1.27. The number of cyclic esters (lactones) is 1. The van der Waals surface area contributed by atoms with Crippen LogP contribution in [-0.2, 0) is 23.9 Å². The molecule has 2 aliphatic heterocycles. The number of carbonyl (C=O) groups excluding carboxylic acids is 3. The van der Waals surface area contributed by atoms with Gasteiger partial charge in [-0.3, -0.25) is 4.79 Å². The van der Waals surface area contributed by atoms with Crippen molar-refractivity contribution in [3.63, 3.8) is 0 Å². The summed E-state index contributed by atoms with van der Waals surface area (Å²) in [5, 5.41) is 2.76. The second-order valence-corrected chi connectivity index (χ2v) is 6.40. The minimum absolute atomic E-state index is 0.0998. The van der Waals surface area contributed by atoms with Crippen LogP contribution in [0.1, 0.15) is 31.7 Å². The van der Waals surface area contributed by atoms with Gasteiger partial charge in [0.2, 0.25) is 5.91 Å². The molecule has 0 spiro atoms. The number of benzene rings is 1. The highest BCUT2D eigenvalue weighted by Gasteiger charge is 2.48. The number of ether oxygens (including phenoxy) is 3. The molecule has 0 aromatic heterocycles. The molecule has 0 radical (unpaired) electrons. The monoisotopic (exact) mass is 345 g/mol. The standard InChI is InChI=1S/C18H19NO6/c1-18(2)16-15(17(22)25-18)11(8-13(20)19-16)10-6-4-5-7-12(10)24-9-14(21)23-3/h4-7,11H,8-9H2,1-3H3,(H,19,20). The Morgan fingerprint density at radius 1 is 1.32 bits per heavy atom. The van der Waals surface area contributed by atoms with Crippen LogP contribution in [0.2, 0.25) is 0 Å². The molecule has 25 heavy (non-hydrogen) atoms. The van der Waals surface area contributed by atoms with E-state index in [1.165, 1.54) is 7.11 Å². The van der Waals surface area contributed by atoms with E-state index in [0.717, 1.165) is 0 Å². The fourth-order valence-electron chi connectivity index (χ4n) is 3.14. The fourth-order valence-corrected chi connectivity index (χ4v) is 3.14. The van der Waals surface area contributed by atoms with Crippen molar-refractivity contribution in [3.8, 4) is 5.75 Å². The summed E-state index contributed by atoms with van der Waals surface area (Å²) in [5.74, 6) is -1.23. The largest absolute Gasteiger partial charge is 0.482 e. The van der Waals surface area contributed by atoms with Gasteiger partial charge in [-0.1, -0.05) is 18.2 Å². The van der Waals surface area contributed by atoms with Gasteiger partial charge in [0.05, 0.1) is 18.4 Å². The zero-order valence-electron chi connectivity index (χ0n) is 14.3. The maximum absolute atomic E-state index is 12.4. The minimum Gasteiger partial charge on any atom is -0.482 e. The molecule has 3 rings (SSSR count). The maximum atomic E-state index is 12.4. The number of rotatable bonds is 4. The van der Waals surface area contributed by atoms with Crippen LogP contribution in [0.3, 0.4) is 0 Å². The topological polar surface area (TPSA) is 90.9 Å². The van der Waals surface area contributed by atoms with Crippen molar-refractivity contribution in [2.45, 2.75) is 31.8 Å². The summed E-state index contributed by atoms with van der Waals surface area (Å²) in [6.07, 6.45) is 0.0998. The highest BCUT2D eigenvalue weighted by molar-refractivity contribution is 5.99. The van der Waals surface area contributed by atoms with Crippen LogP contribution in [0.15, 0.2) is 35.5 Å². The van der Waals surface area contributed by atoms with Crippen molar-refractivity contribution in [2.24, 2.45) is 0 Å². The molecule has 0 bridgehead atoms. The maximum Gasteiger partial charge on any atom is 0.343 e. The Bertz CT molecular complexity index is 780. The number of para-hydroxylation sites is 1. The lowest BCUT2D eigenvalue weighted by molar-refractivity contribution is -0.145. The molecule has 0 aliphatic carbocycles. The van der Waals surface area contributed by atoms with Crippen molar-refractivity contribution in [2.75, 3.05) is 13.7 Å². The van der Waals surface area contributed by atoms with Crippen molar-refractivity contribution in [1.82, 2.24) is 5.32 Å². The lowest BCUT2D eigenvalue weighted by Crippen LogP contribution is -2.38. The van der Waals surface area contributed by atoms with Crippen LogP contribution < -0.4 is 10.1 Å². The molecule has 0 saturated carbocycles. The molecule has 1 aromatic rings. The molecule has 0 fully saturated rings. The van der Waals surface area contributed by atoms with E-state index in [-0.39, 0.29) is 18.9 Å². The lowest BCUT2D eigenvalue weighted by atomic mass is 9.82. The molecule has 7 heteroatoms. The lowest BCUT2D eigenvalue weighted by Gasteiger charge is -2.27. The first kappa shape index (κ1) is 17.0. The second-order valence-electron chi connectivity index (χ2n) is 6.40. The Morgan fingerprint density at radius 3 is 2.76 bits per heavy atom. The molecule has 1 atom stereocenters. The van der Waals surface area contributed by atoms with Gasteiger partial charge < -0.3 is 19.5 Å². The zero-order chi connectivity index (χ0) is 18.2. The Morgan fingerprint density at radius 2 is 2.04 bits per heavy atom. The van der Waals surface area contributed by atoms with Gasteiger partial charge in [-0.2, -0.15) is 0 Å². The van der Waals surface area contributed by atoms with Crippen molar-refractivity contribution in [1.29, 1.82) is 0 Å². The molecular weight excluding hydrogens is 326 g/mol. The van der Waals surface area contributed by atoms with E-state index in [9.17, 15) is 14.4 Å². The number of methoxy groups -OCH3 is 1. The Kier molecular flexibility index (Phi) is 4.24. The summed E-state index contributed by atoms with van der Waals surface area (Å²) < 4.78 is 15.5. The van der Waals surface area contributed by atoms with E-state index >= 15 is 0 Å². The SMILES string of the molecule is COC(=O)COc1ccccc1C1CC(=O)NC2=C1C(=O)OC2(C)C. The van der Waals surface area contributed by atoms with Crippen molar-refractivity contribution < 1.29 is 28.6 Å². The minimum atomic E-state index is -0.886. The van der Waals surface area contributed by atoms with Gasteiger partial charge in [-0.05, 0) is 19.9 Å². The van der Waals surface area contributed by atoms with Crippen LogP contribution in [-0.4, -0.2) is 37.2 Å². The average Bonchev–Trinajstić information content (AvgIpc) is 2.81. The zero-order valence-corrected chi connectivity index (χ0v) is 14.3. The van der Waals surface area contributed by atoms with Crippen LogP contribution in [0, 0.1) is 0 Å². The van der Waals surface area contributed by atoms with Gasteiger partial charge in [-0.15, -0.1) is 0 Å². The molecule has 7 nitrogen and oxygen atoms in total. The quantitative estimate of drug-likeness (QED) is 0.830. The van der Waals surface area contributed by atoms with Crippen LogP contribution in [0.25, 0.3) is 0 Å². The van der Waals surface area contributed by atoms with Gasteiger partial charge in [-0.25, -0.2) is 9.59 Å². The van der Waals surface area contributed by atoms with Gasteiger partial charge in [0.1, 0.15) is 11.4 Å². The predicted molar refractivity (Wildman–Crippen MR) is 86.7 cm³/mol. The molecule has 1 N–H and O–H groups in total. The Balaban J connectivity index is 2.01. The van der Waals surface area contributed by atoms with E-state index in [1.54, 1.807) is 38.1 Å². The van der Waals surface area contributed by atoms with Crippen LogP contribution in [0.4, 0.5) is 0 Å². The van der Waals surface area contributed by atoms with Crippen LogP contribution in [0.5, 0.6) is 5.75 Å². The van der Waals surface area contributed by atoms with Gasteiger partial charge >= 0.3 is 11.9 Å². The third kappa shape index (κ3) is 3.09. The smallest absolute Gasteiger partial charge is 0.343 e. The number of amides is 1. The molecule has 2 heterocycles. The first-order chi connectivity index (χ1) is 11.8. The molecule has 1 amide bonds. The fraction of sp³-hybridized carbons (Fsp3) is 0.389. The van der Waals surface area contributed by atoms with E-state index in [4.69, 9.17) is 9.47 Å². The van der Waals surface area contributed by atoms with Crippen molar-refractivity contribution in [3.05, 3.63) is 41.1 Å². The van der Waals surface area contributed by atoms with E-state index in [1.807, 2.05) is 0 Å². The predicted octanol–water partition coefficient (Wildman–Crippen LogP) is 1.43. The number of nitrogens with one attached hydrogen (secondary N) is 1. The summed E-state index contributed by atoms with van der Waals surface area (Å²) in [6, 6.07) is 7.01. The third-order valence-corrected chi connectivity index (χ3v) is 4.31. The van der Waals surface area contributed by atoms with E-state index in [2.05, 4.69) is 10.1 Å². The van der Waals surface area contributed by atoms with Crippen molar-refractivity contribution >= 4 is 17.8 Å². The van der Waals surface area contributed by atoms with Gasteiger partial charge in [0.15, 0.2) is 6.61 Å². The molecule has 1 aromatic carbocycles. The first-order valence-corrected chi connectivity index (χ1v) is 7.90. The normalized spacial score (nSPS) is 21.3. The first-order valence-electron chi connectivity index (χ1n) is 7.90. The number of carbonyl (C=O) groups is 3. The summed E-state index contributed by atoms with van der Waals surface area (Å²) in [6.45, 7) is 3.21. The third-order valence-electron chi connectivity index (χ3n) is 4.31. The highest BCUT2D eigenvalue weighted by Crippen LogP contribution is 2.44. The van der Waals surface area contributed by atoms with E-state index < -0.39 is 23.5 Å². The Labute approximate surface area is 144 Å². The highest BCUT2D eigenvalue weighted by atomic mass is 16.6. The van der Waals surface area contributed by atoms with E-state index in [0.29, 0.717) is 22.6 Å². The molecule has 2 aliphatic rings. The summed E-state index contributed by atoms with van der Waals surface area (Å²) in [5.41, 5.74) is 0.686. The number of hydrogen-bond acceptors (Lipinski definition) is 6. The second kappa shape index (κ2) is 6.23. The number of hydrogen-bond donors (Lipinski definition) is 1. The van der Waals surface area contributed by atoms with Gasteiger partial charge in [0, 0.05) is 17.9 Å². The summed E-state index contributed by atoms with van der Waals surface area (Å²) >= 11 is 0.